The molecule has 1 atom stereocenters. The molecule has 1 aliphatic heterocycles. The molecule has 20 heavy (non-hydrogen) atoms. The Labute approximate surface area is 116 Å². The van der Waals surface area contributed by atoms with Crippen molar-refractivity contribution in [3.63, 3.8) is 0 Å². The standard InChI is InChI=1S/C14H17FN4O/c15-12-3-1-11(2-4-12)14-17-13(20-18-14)9-19-6-5-10(7-16)8-19/h1-4,10H,5-9,16H2. The van der Waals surface area contributed by atoms with Crippen molar-refractivity contribution in [2.75, 3.05) is 19.6 Å². The molecule has 1 fully saturated rings. The van der Waals surface area contributed by atoms with Gasteiger partial charge < -0.3 is 10.3 Å². The fourth-order valence-electron chi connectivity index (χ4n) is 2.48. The summed E-state index contributed by atoms with van der Waals surface area (Å²) in [5, 5.41) is 3.94. The van der Waals surface area contributed by atoms with Crippen LogP contribution in [-0.2, 0) is 6.54 Å². The van der Waals surface area contributed by atoms with Gasteiger partial charge in [-0.05, 0) is 49.7 Å². The number of rotatable bonds is 4. The van der Waals surface area contributed by atoms with Gasteiger partial charge in [0.25, 0.3) is 0 Å². The van der Waals surface area contributed by atoms with Crippen LogP contribution >= 0.6 is 0 Å². The molecule has 106 valence electrons. The predicted octanol–water partition coefficient (Wildman–Crippen LogP) is 1.66. The zero-order valence-corrected chi connectivity index (χ0v) is 11.1. The third kappa shape index (κ3) is 2.86. The third-order valence-electron chi connectivity index (χ3n) is 3.63. The fraction of sp³-hybridized carbons (Fsp3) is 0.429. The summed E-state index contributed by atoms with van der Waals surface area (Å²) in [6.07, 6.45) is 1.12. The number of aromatic nitrogens is 2. The molecule has 1 aromatic carbocycles. The molecule has 0 aliphatic carbocycles. The molecule has 0 amide bonds. The fourth-order valence-corrected chi connectivity index (χ4v) is 2.48. The monoisotopic (exact) mass is 276 g/mol. The van der Waals surface area contributed by atoms with Gasteiger partial charge in [-0.25, -0.2) is 4.39 Å². The van der Waals surface area contributed by atoms with Crippen LogP contribution in [0.5, 0.6) is 0 Å². The van der Waals surface area contributed by atoms with E-state index in [4.69, 9.17) is 10.3 Å². The van der Waals surface area contributed by atoms with Gasteiger partial charge in [-0.1, -0.05) is 5.16 Å². The normalized spacial score (nSPS) is 19.6. The Balaban J connectivity index is 1.66. The molecular weight excluding hydrogens is 259 g/mol. The second kappa shape index (κ2) is 5.68. The van der Waals surface area contributed by atoms with E-state index < -0.39 is 0 Å². The first-order valence-electron chi connectivity index (χ1n) is 6.75. The van der Waals surface area contributed by atoms with Gasteiger partial charge in [0.15, 0.2) is 0 Å². The highest BCUT2D eigenvalue weighted by molar-refractivity contribution is 5.53. The van der Waals surface area contributed by atoms with Crippen molar-refractivity contribution in [2.24, 2.45) is 11.7 Å². The average Bonchev–Trinajstić information content (AvgIpc) is 3.09. The van der Waals surface area contributed by atoms with Crippen LogP contribution in [0.2, 0.25) is 0 Å². The molecule has 0 spiro atoms. The van der Waals surface area contributed by atoms with E-state index in [2.05, 4.69) is 15.0 Å². The van der Waals surface area contributed by atoms with Crippen molar-refractivity contribution in [1.82, 2.24) is 15.0 Å². The summed E-state index contributed by atoms with van der Waals surface area (Å²) in [5.74, 6) is 1.37. The molecule has 2 N–H and O–H groups in total. The van der Waals surface area contributed by atoms with Crippen LogP contribution in [0.15, 0.2) is 28.8 Å². The number of nitrogens with two attached hydrogens (primary N) is 1. The summed E-state index contributed by atoms with van der Waals surface area (Å²) < 4.78 is 18.1. The van der Waals surface area contributed by atoms with Crippen molar-refractivity contribution in [1.29, 1.82) is 0 Å². The van der Waals surface area contributed by atoms with Gasteiger partial charge in [0, 0.05) is 12.1 Å². The van der Waals surface area contributed by atoms with Gasteiger partial charge in [0.05, 0.1) is 6.54 Å². The lowest BCUT2D eigenvalue weighted by Crippen LogP contribution is -2.22. The summed E-state index contributed by atoms with van der Waals surface area (Å²) in [4.78, 5) is 6.61. The Morgan fingerprint density at radius 2 is 2.15 bits per heavy atom. The summed E-state index contributed by atoms with van der Waals surface area (Å²) in [6, 6.07) is 6.06. The van der Waals surface area contributed by atoms with Crippen LogP contribution in [0.4, 0.5) is 4.39 Å². The number of nitrogens with zero attached hydrogens (tertiary/aromatic N) is 3. The first kappa shape index (κ1) is 13.2. The van der Waals surface area contributed by atoms with Crippen molar-refractivity contribution >= 4 is 0 Å². The maximum Gasteiger partial charge on any atom is 0.241 e. The quantitative estimate of drug-likeness (QED) is 0.919. The van der Waals surface area contributed by atoms with E-state index in [1.165, 1.54) is 12.1 Å². The van der Waals surface area contributed by atoms with Crippen LogP contribution in [0, 0.1) is 11.7 Å². The third-order valence-corrected chi connectivity index (χ3v) is 3.63. The molecule has 0 bridgehead atoms. The molecule has 1 saturated heterocycles. The molecule has 0 radical (unpaired) electrons. The lowest BCUT2D eigenvalue weighted by atomic mass is 10.1. The van der Waals surface area contributed by atoms with E-state index in [0.717, 1.165) is 31.6 Å². The number of halogens is 1. The molecule has 3 rings (SSSR count). The second-order valence-electron chi connectivity index (χ2n) is 5.14. The van der Waals surface area contributed by atoms with E-state index >= 15 is 0 Å². The summed E-state index contributed by atoms with van der Waals surface area (Å²) in [7, 11) is 0. The van der Waals surface area contributed by atoms with Crippen molar-refractivity contribution < 1.29 is 8.91 Å². The van der Waals surface area contributed by atoms with Gasteiger partial charge >= 0.3 is 0 Å². The lowest BCUT2D eigenvalue weighted by molar-refractivity contribution is 0.261. The van der Waals surface area contributed by atoms with Crippen molar-refractivity contribution in [2.45, 2.75) is 13.0 Å². The molecular formula is C14H17FN4O. The summed E-state index contributed by atoms with van der Waals surface area (Å²) >= 11 is 0. The van der Waals surface area contributed by atoms with Crippen LogP contribution in [0.1, 0.15) is 12.3 Å². The van der Waals surface area contributed by atoms with E-state index in [1.54, 1.807) is 12.1 Å². The summed E-state index contributed by atoms with van der Waals surface area (Å²) in [6.45, 7) is 3.35. The van der Waals surface area contributed by atoms with E-state index in [1.807, 2.05) is 0 Å². The minimum absolute atomic E-state index is 0.276. The molecule has 2 aromatic rings. The first-order chi connectivity index (χ1) is 9.74. The highest BCUT2D eigenvalue weighted by Crippen LogP contribution is 2.19. The topological polar surface area (TPSA) is 68.2 Å². The maximum atomic E-state index is 12.9. The molecule has 1 aliphatic rings. The Morgan fingerprint density at radius 3 is 2.85 bits per heavy atom. The Kier molecular flexibility index (Phi) is 3.75. The van der Waals surface area contributed by atoms with Crippen LogP contribution in [0.25, 0.3) is 11.4 Å². The molecule has 2 heterocycles. The first-order valence-corrected chi connectivity index (χ1v) is 6.75. The molecule has 1 aromatic heterocycles. The van der Waals surface area contributed by atoms with Gasteiger partial charge in [-0.2, -0.15) is 4.98 Å². The zero-order chi connectivity index (χ0) is 13.9. The van der Waals surface area contributed by atoms with Gasteiger partial charge in [0.1, 0.15) is 5.82 Å². The predicted molar refractivity (Wildman–Crippen MR) is 72.1 cm³/mol. The van der Waals surface area contributed by atoms with Crippen molar-refractivity contribution in [3.05, 3.63) is 36.0 Å². The smallest absolute Gasteiger partial charge is 0.241 e. The van der Waals surface area contributed by atoms with Crippen molar-refractivity contribution in [3.8, 4) is 11.4 Å². The number of hydrogen-bond acceptors (Lipinski definition) is 5. The average molecular weight is 276 g/mol. The summed E-state index contributed by atoms with van der Waals surface area (Å²) in [5.41, 5.74) is 6.43. The molecule has 1 unspecified atom stereocenters. The molecule has 5 nitrogen and oxygen atoms in total. The number of likely N-dealkylation sites (tertiary alicyclic amines) is 1. The second-order valence-corrected chi connectivity index (χ2v) is 5.14. The van der Waals surface area contributed by atoms with E-state index in [-0.39, 0.29) is 5.82 Å². The SMILES string of the molecule is NCC1CCN(Cc2nc(-c3ccc(F)cc3)no2)C1. The van der Waals surface area contributed by atoms with Gasteiger partial charge in [0.2, 0.25) is 11.7 Å². The van der Waals surface area contributed by atoms with E-state index in [0.29, 0.717) is 24.2 Å². The van der Waals surface area contributed by atoms with Gasteiger partial charge in [-0.3, -0.25) is 4.90 Å². The maximum absolute atomic E-state index is 12.9. The molecule has 6 heteroatoms. The number of hydrogen-bond donors (Lipinski definition) is 1. The Morgan fingerprint density at radius 1 is 1.35 bits per heavy atom. The largest absolute Gasteiger partial charge is 0.338 e. The lowest BCUT2D eigenvalue weighted by Gasteiger charge is -2.12. The zero-order valence-electron chi connectivity index (χ0n) is 11.1. The van der Waals surface area contributed by atoms with Gasteiger partial charge in [-0.15, -0.1) is 0 Å². The van der Waals surface area contributed by atoms with Crippen LogP contribution in [0.3, 0.4) is 0 Å². The van der Waals surface area contributed by atoms with Crippen LogP contribution in [-0.4, -0.2) is 34.7 Å². The molecule has 0 saturated carbocycles. The number of benzene rings is 1. The highest BCUT2D eigenvalue weighted by atomic mass is 19.1. The van der Waals surface area contributed by atoms with E-state index in [9.17, 15) is 4.39 Å². The Hall–Kier alpha value is -1.79. The highest BCUT2D eigenvalue weighted by Gasteiger charge is 2.23. The minimum atomic E-state index is -0.276. The van der Waals surface area contributed by atoms with Crippen LogP contribution < -0.4 is 5.73 Å². The minimum Gasteiger partial charge on any atom is -0.338 e. The Bertz CT molecular complexity index is 569.